The van der Waals surface area contributed by atoms with Gasteiger partial charge >= 0.3 is 5.97 Å². The van der Waals surface area contributed by atoms with E-state index >= 15 is 0 Å². The standard InChI is InChI=1S/C16H28O2/c1-3-5-6-7-8-9-10-11-12-13-15-18-16(17)14-4-2/h3,5-6H,1,4,7-15H2,2H3. The molecule has 0 radical (unpaired) electrons. The van der Waals surface area contributed by atoms with Gasteiger partial charge in [-0.3, -0.25) is 4.79 Å². The largest absolute Gasteiger partial charge is 0.466 e. The number of carbonyl (C=O) groups is 1. The van der Waals surface area contributed by atoms with E-state index in [1.807, 2.05) is 19.1 Å². The Kier molecular flexibility index (Phi) is 13.2. The summed E-state index contributed by atoms with van der Waals surface area (Å²) in [6.45, 7) is 6.23. The predicted molar refractivity (Wildman–Crippen MR) is 77.5 cm³/mol. The van der Waals surface area contributed by atoms with E-state index < -0.39 is 0 Å². The van der Waals surface area contributed by atoms with E-state index in [4.69, 9.17) is 4.74 Å². The summed E-state index contributed by atoms with van der Waals surface area (Å²) in [5.41, 5.74) is 0. The molecule has 0 spiro atoms. The number of allylic oxidation sites excluding steroid dienone is 3. The molecule has 18 heavy (non-hydrogen) atoms. The van der Waals surface area contributed by atoms with Gasteiger partial charge in [-0.2, -0.15) is 0 Å². The normalized spacial score (nSPS) is 10.7. The van der Waals surface area contributed by atoms with Crippen molar-refractivity contribution in [3.8, 4) is 0 Å². The molecule has 0 saturated heterocycles. The minimum Gasteiger partial charge on any atom is -0.466 e. The predicted octanol–water partition coefficient (Wildman–Crippen LogP) is 4.80. The fourth-order valence-corrected chi connectivity index (χ4v) is 1.73. The Morgan fingerprint density at radius 2 is 1.78 bits per heavy atom. The highest BCUT2D eigenvalue weighted by molar-refractivity contribution is 5.69. The maximum absolute atomic E-state index is 11.1. The first kappa shape index (κ1) is 16.9. The highest BCUT2D eigenvalue weighted by atomic mass is 16.5. The summed E-state index contributed by atoms with van der Waals surface area (Å²) in [5, 5.41) is 0. The number of rotatable bonds is 12. The molecule has 0 amide bonds. The van der Waals surface area contributed by atoms with Crippen LogP contribution in [0.2, 0.25) is 0 Å². The maximum Gasteiger partial charge on any atom is 0.305 e. The lowest BCUT2D eigenvalue weighted by Crippen LogP contribution is -2.04. The highest BCUT2D eigenvalue weighted by Crippen LogP contribution is 2.08. The topological polar surface area (TPSA) is 26.3 Å². The molecule has 2 nitrogen and oxygen atoms in total. The molecular weight excluding hydrogens is 224 g/mol. The summed E-state index contributed by atoms with van der Waals surface area (Å²) in [5.74, 6) is -0.0495. The van der Waals surface area contributed by atoms with Crippen LogP contribution < -0.4 is 0 Å². The number of carbonyl (C=O) groups excluding carboxylic acids is 1. The Hall–Kier alpha value is -1.05. The van der Waals surface area contributed by atoms with Gasteiger partial charge in [0.25, 0.3) is 0 Å². The van der Waals surface area contributed by atoms with Gasteiger partial charge in [-0.05, 0) is 25.7 Å². The molecule has 0 rings (SSSR count). The van der Waals surface area contributed by atoms with Gasteiger partial charge in [-0.15, -0.1) is 0 Å². The number of hydrogen-bond donors (Lipinski definition) is 0. The maximum atomic E-state index is 11.1. The van der Waals surface area contributed by atoms with Crippen molar-refractivity contribution in [2.75, 3.05) is 6.61 Å². The molecule has 0 aliphatic rings. The molecule has 0 aromatic rings. The Bertz CT molecular complexity index is 231. The quantitative estimate of drug-likeness (QED) is 0.283. The number of hydrogen-bond acceptors (Lipinski definition) is 2. The summed E-state index contributed by atoms with van der Waals surface area (Å²) >= 11 is 0. The van der Waals surface area contributed by atoms with Crippen molar-refractivity contribution in [3.05, 3.63) is 24.8 Å². The van der Waals surface area contributed by atoms with E-state index in [0.29, 0.717) is 13.0 Å². The van der Waals surface area contributed by atoms with E-state index in [2.05, 4.69) is 12.7 Å². The lowest BCUT2D eigenvalue weighted by atomic mass is 10.1. The van der Waals surface area contributed by atoms with Gasteiger partial charge in [-0.1, -0.05) is 57.4 Å². The third-order valence-corrected chi connectivity index (χ3v) is 2.75. The van der Waals surface area contributed by atoms with E-state index in [1.165, 1.54) is 32.1 Å². The first-order valence-corrected chi connectivity index (χ1v) is 7.24. The van der Waals surface area contributed by atoms with Gasteiger partial charge in [0.2, 0.25) is 0 Å². The minimum atomic E-state index is -0.0495. The Morgan fingerprint density at radius 3 is 2.44 bits per heavy atom. The van der Waals surface area contributed by atoms with Crippen molar-refractivity contribution in [1.29, 1.82) is 0 Å². The third-order valence-electron chi connectivity index (χ3n) is 2.75. The Labute approximate surface area is 112 Å². The van der Waals surface area contributed by atoms with Crippen molar-refractivity contribution in [1.82, 2.24) is 0 Å². The van der Waals surface area contributed by atoms with Gasteiger partial charge in [0, 0.05) is 6.42 Å². The van der Waals surface area contributed by atoms with Crippen LogP contribution in [0, 0.1) is 0 Å². The van der Waals surface area contributed by atoms with E-state index in [1.54, 1.807) is 0 Å². The van der Waals surface area contributed by atoms with Crippen LogP contribution in [0.3, 0.4) is 0 Å². The fourth-order valence-electron chi connectivity index (χ4n) is 1.73. The SMILES string of the molecule is C=CC=CCCCCCCCCOC(=O)CCC. The van der Waals surface area contributed by atoms with Gasteiger partial charge in [0.05, 0.1) is 6.61 Å². The van der Waals surface area contributed by atoms with E-state index in [-0.39, 0.29) is 5.97 Å². The van der Waals surface area contributed by atoms with Crippen LogP contribution in [0.15, 0.2) is 24.8 Å². The van der Waals surface area contributed by atoms with Crippen LogP contribution in [-0.2, 0) is 9.53 Å². The van der Waals surface area contributed by atoms with E-state index in [0.717, 1.165) is 19.3 Å². The average molecular weight is 252 g/mol. The van der Waals surface area contributed by atoms with Crippen LogP contribution in [-0.4, -0.2) is 12.6 Å². The number of esters is 1. The van der Waals surface area contributed by atoms with Crippen molar-refractivity contribution in [2.45, 2.75) is 64.7 Å². The molecule has 0 atom stereocenters. The minimum absolute atomic E-state index is 0.0495. The molecule has 0 bridgehead atoms. The first-order valence-electron chi connectivity index (χ1n) is 7.24. The molecule has 0 heterocycles. The highest BCUT2D eigenvalue weighted by Gasteiger charge is 1.99. The molecular formula is C16H28O2. The molecule has 0 saturated carbocycles. The van der Waals surface area contributed by atoms with Crippen molar-refractivity contribution >= 4 is 5.97 Å². The number of unbranched alkanes of at least 4 members (excludes halogenated alkanes) is 6. The molecule has 0 N–H and O–H groups in total. The van der Waals surface area contributed by atoms with Crippen LogP contribution in [0.5, 0.6) is 0 Å². The molecule has 0 unspecified atom stereocenters. The zero-order chi connectivity index (χ0) is 13.5. The lowest BCUT2D eigenvalue weighted by Gasteiger charge is -2.03. The molecule has 0 aliphatic heterocycles. The zero-order valence-electron chi connectivity index (χ0n) is 11.8. The summed E-state index contributed by atoms with van der Waals surface area (Å²) < 4.78 is 5.10. The van der Waals surface area contributed by atoms with E-state index in [9.17, 15) is 4.79 Å². The van der Waals surface area contributed by atoms with Crippen molar-refractivity contribution in [2.24, 2.45) is 0 Å². The monoisotopic (exact) mass is 252 g/mol. The fraction of sp³-hybridized carbons (Fsp3) is 0.688. The van der Waals surface area contributed by atoms with Crippen LogP contribution >= 0.6 is 0 Å². The molecule has 0 fully saturated rings. The van der Waals surface area contributed by atoms with Gasteiger partial charge in [-0.25, -0.2) is 0 Å². The van der Waals surface area contributed by atoms with Crippen molar-refractivity contribution < 1.29 is 9.53 Å². The first-order chi connectivity index (χ1) is 8.81. The second-order valence-electron chi connectivity index (χ2n) is 4.54. The van der Waals surface area contributed by atoms with Gasteiger partial charge in [0.15, 0.2) is 0 Å². The molecule has 104 valence electrons. The third kappa shape index (κ3) is 13.0. The molecule has 0 aromatic carbocycles. The average Bonchev–Trinajstić information content (AvgIpc) is 2.36. The van der Waals surface area contributed by atoms with Crippen molar-refractivity contribution in [3.63, 3.8) is 0 Å². The summed E-state index contributed by atoms with van der Waals surface area (Å²) in [6.07, 6.45) is 15.8. The molecule has 0 aliphatic carbocycles. The number of ether oxygens (including phenoxy) is 1. The Morgan fingerprint density at radius 1 is 1.11 bits per heavy atom. The smallest absolute Gasteiger partial charge is 0.305 e. The summed E-state index contributed by atoms with van der Waals surface area (Å²) in [7, 11) is 0. The van der Waals surface area contributed by atoms with Crippen LogP contribution in [0.25, 0.3) is 0 Å². The Balaban J connectivity index is 3.09. The lowest BCUT2D eigenvalue weighted by molar-refractivity contribution is -0.143. The summed E-state index contributed by atoms with van der Waals surface area (Å²) in [6, 6.07) is 0. The summed E-state index contributed by atoms with van der Waals surface area (Å²) in [4.78, 5) is 11.1. The van der Waals surface area contributed by atoms with Gasteiger partial charge < -0.3 is 4.74 Å². The van der Waals surface area contributed by atoms with Crippen LogP contribution in [0.1, 0.15) is 64.7 Å². The zero-order valence-corrected chi connectivity index (χ0v) is 11.8. The molecule has 0 aromatic heterocycles. The second-order valence-corrected chi connectivity index (χ2v) is 4.54. The van der Waals surface area contributed by atoms with Crippen LogP contribution in [0.4, 0.5) is 0 Å². The second kappa shape index (κ2) is 14.0. The van der Waals surface area contributed by atoms with Gasteiger partial charge in [0.1, 0.15) is 0 Å². The molecule has 2 heteroatoms.